The Morgan fingerprint density at radius 3 is 2.49 bits per heavy atom. The highest BCUT2D eigenvalue weighted by atomic mass is 16.7. The molecule has 0 bridgehead atoms. The zero-order valence-electron chi connectivity index (χ0n) is 22.2. The summed E-state index contributed by atoms with van der Waals surface area (Å²) in [6.07, 6.45) is 2.27. The van der Waals surface area contributed by atoms with E-state index >= 15 is 0 Å². The zero-order chi connectivity index (χ0) is 27.0. The Balaban J connectivity index is 1.56. The van der Waals surface area contributed by atoms with Gasteiger partial charge in [0.1, 0.15) is 23.5 Å². The minimum absolute atomic E-state index is 0.153. The van der Waals surface area contributed by atoms with Crippen molar-refractivity contribution in [2.75, 3.05) is 30.7 Å². The fourth-order valence-corrected chi connectivity index (χ4v) is 4.21. The molecule has 1 atom stereocenters. The zero-order valence-corrected chi connectivity index (χ0v) is 22.2. The van der Waals surface area contributed by atoms with Crippen LogP contribution in [0.5, 0.6) is 11.8 Å². The lowest BCUT2D eigenvalue weighted by molar-refractivity contribution is 0.0748. The highest BCUT2D eigenvalue weighted by Gasteiger charge is 2.31. The van der Waals surface area contributed by atoms with Gasteiger partial charge in [0, 0.05) is 12.1 Å². The first-order chi connectivity index (χ1) is 19.1. The molecule has 2 aromatic heterocycles. The van der Waals surface area contributed by atoms with E-state index in [2.05, 4.69) is 27.4 Å². The van der Waals surface area contributed by atoms with Gasteiger partial charge in [0.05, 0.1) is 26.3 Å². The molecule has 1 unspecified atom stereocenters. The average Bonchev–Trinajstić information content (AvgIpc) is 3.64. The fourth-order valence-electron chi connectivity index (χ4n) is 4.21. The molecule has 0 aliphatic carbocycles. The summed E-state index contributed by atoms with van der Waals surface area (Å²) in [6.45, 7) is 4.73. The van der Waals surface area contributed by atoms with Gasteiger partial charge in [-0.2, -0.15) is 15.0 Å². The fraction of sp³-hybridized carbons (Fsp3) is 0.276. The summed E-state index contributed by atoms with van der Waals surface area (Å²) in [5, 5.41) is 3.26. The first-order valence-corrected chi connectivity index (χ1v) is 12.7. The Morgan fingerprint density at radius 1 is 1.00 bits per heavy atom. The van der Waals surface area contributed by atoms with Gasteiger partial charge >= 0.3 is 6.01 Å². The second kappa shape index (κ2) is 12.2. The molecule has 0 radical (unpaired) electrons. The number of benzene rings is 2. The van der Waals surface area contributed by atoms with Crippen LogP contribution in [0, 0.1) is 6.92 Å². The van der Waals surface area contributed by atoms with Crippen molar-refractivity contribution >= 4 is 17.6 Å². The molecule has 4 aromatic rings. The minimum atomic E-state index is -0.300. The van der Waals surface area contributed by atoms with E-state index < -0.39 is 0 Å². The molecule has 10 heteroatoms. The number of anilines is 3. The highest BCUT2D eigenvalue weighted by molar-refractivity contribution is 5.56. The normalized spacial score (nSPS) is 13.2. The third-order valence-corrected chi connectivity index (χ3v) is 6.07. The first kappa shape index (κ1) is 25.9. The Kier molecular flexibility index (Phi) is 8.11. The number of methoxy groups -OCH3 is 1. The number of aromatic nitrogens is 3. The molecule has 0 amide bonds. The van der Waals surface area contributed by atoms with Gasteiger partial charge in [-0.3, -0.25) is 0 Å². The Hall–Kier alpha value is -4.73. The van der Waals surface area contributed by atoms with E-state index in [0.717, 1.165) is 28.5 Å². The summed E-state index contributed by atoms with van der Waals surface area (Å²) in [5.74, 6) is 3.73. The number of ether oxygens (including phenoxy) is 4. The van der Waals surface area contributed by atoms with Crippen LogP contribution in [0.3, 0.4) is 0 Å². The van der Waals surface area contributed by atoms with E-state index in [9.17, 15) is 0 Å². The number of nitrogens with one attached hydrogen (secondary N) is 1. The molecular weight excluding hydrogens is 498 g/mol. The second-order valence-corrected chi connectivity index (χ2v) is 8.82. The van der Waals surface area contributed by atoms with Gasteiger partial charge < -0.3 is 33.6 Å². The van der Waals surface area contributed by atoms with Gasteiger partial charge in [0.15, 0.2) is 5.76 Å². The van der Waals surface area contributed by atoms with E-state index in [1.165, 1.54) is 0 Å². The van der Waals surface area contributed by atoms with Gasteiger partial charge in [-0.15, -0.1) is 0 Å². The van der Waals surface area contributed by atoms with Gasteiger partial charge in [0.2, 0.25) is 18.7 Å². The highest BCUT2D eigenvalue weighted by Crippen LogP contribution is 2.29. The maximum absolute atomic E-state index is 5.96. The predicted molar refractivity (Wildman–Crippen MR) is 146 cm³/mol. The average molecular weight is 530 g/mol. The SMILES string of the molecule is CCOc1nc(Nc2ccc(OC)cc2)nc(N(Cc2ccc(C)o2)C(Cc2ccccc2)C2=COCO2)n1. The minimum Gasteiger partial charge on any atom is -0.497 e. The van der Waals surface area contributed by atoms with Crippen LogP contribution >= 0.6 is 0 Å². The number of hydrogen-bond donors (Lipinski definition) is 1. The maximum atomic E-state index is 5.96. The number of aryl methyl sites for hydroxylation is 1. The van der Waals surface area contributed by atoms with E-state index in [4.69, 9.17) is 28.3 Å². The second-order valence-electron chi connectivity index (χ2n) is 8.82. The van der Waals surface area contributed by atoms with Gasteiger partial charge in [-0.1, -0.05) is 30.3 Å². The molecule has 3 heterocycles. The summed E-state index contributed by atoms with van der Waals surface area (Å²) in [6, 6.07) is 21.5. The molecule has 0 fully saturated rings. The maximum Gasteiger partial charge on any atom is 0.323 e. The van der Waals surface area contributed by atoms with Crippen LogP contribution in [0.2, 0.25) is 0 Å². The quantitative estimate of drug-likeness (QED) is 0.257. The van der Waals surface area contributed by atoms with Crippen molar-refractivity contribution in [3.05, 3.63) is 95.8 Å². The smallest absolute Gasteiger partial charge is 0.323 e. The van der Waals surface area contributed by atoms with Crippen molar-refractivity contribution < 1.29 is 23.4 Å². The van der Waals surface area contributed by atoms with Crippen LogP contribution in [-0.4, -0.2) is 41.5 Å². The topological polar surface area (TPSA) is 104 Å². The van der Waals surface area contributed by atoms with Gasteiger partial charge in [0.25, 0.3) is 0 Å². The molecule has 0 spiro atoms. The van der Waals surface area contributed by atoms with Crippen LogP contribution < -0.4 is 19.7 Å². The Bertz CT molecular complexity index is 1390. The third kappa shape index (κ3) is 6.59. The van der Waals surface area contributed by atoms with Crippen LogP contribution in [0.4, 0.5) is 17.6 Å². The molecule has 39 heavy (non-hydrogen) atoms. The number of rotatable bonds is 12. The molecule has 5 rings (SSSR count). The van der Waals surface area contributed by atoms with E-state index in [1.54, 1.807) is 13.4 Å². The monoisotopic (exact) mass is 529 g/mol. The summed E-state index contributed by atoms with van der Waals surface area (Å²) in [7, 11) is 1.63. The first-order valence-electron chi connectivity index (χ1n) is 12.7. The summed E-state index contributed by atoms with van der Waals surface area (Å²) < 4.78 is 28.3. The van der Waals surface area contributed by atoms with E-state index in [-0.39, 0.29) is 18.8 Å². The van der Waals surface area contributed by atoms with Crippen molar-refractivity contribution in [3.63, 3.8) is 0 Å². The Labute approximate surface area is 227 Å². The van der Waals surface area contributed by atoms with Crippen LogP contribution in [0.25, 0.3) is 0 Å². The van der Waals surface area contributed by atoms with Crippen molar-refractivity contribution in [1.29, 1.82) is 0 Å². The Morgan fingerprint density at radius 2 is 1.82 bits per heavy atom. The molecule has 1 aliphatic rings. The summed E-state index contributed by atoms with van der Waals surface area (Å²) in [5.41, 5.74) is 1.91. The van der Waals surface area contributed by atoms with Crippen molar-refractivity contribution in [2.24, 2.45) is 0 Å². The molecule has 1 N–H and O–H groups in total. The van der Waals surface area contributed by atoms with Crippen LogP contribution in [0.15, 0.2) is 83.2 Å². The predicted octanol–water partition coefficient (Wildman–Crippen LogP) is 5.39. The van der Waals surface area contributed by atoms with Crippen molar-refractivity contribution in [1.82, 2.24) is 15.0 Å². The lowest BCUT2D eigenvalue weighted by atomic mass is 10.0. The molecule has 1 aliphatic heterocycles. The molecule has 0 saturated carbocycles. The summed E-state index contributed by atoms with van der Waals surface area (Å²) in [4.78, 5) is 16.0. The standard InChI is InChI=1S/C29H31N5O5/c1-4-37-29-32-27(30-22-11-14-23(35-3)15-12-22)31-28(33-29)34(17-24-13-10-20(2)39-24)25(26-18-36-19-38-26)16-21-8-6-5-7-9-21/h5-15,18,25H,4,16-17,19H2,1-3H3,(H,30,31,32,33). The largest absolute Gasteiger partial charge is 0.497 e. The third-order valence-electron chi connectivity index (χ3n) is 6.07. The van der Waals surface area contributed by atoms with Crippen molar-refractivity contribution in [3.8, 4) is 11.8 Å². The van der Waals surface area contributed by atoms with E-state index in [0.29, 0.717) is 37.2 Å². The molecule has 0 saturated heterocycles. The van der Waals surface area contributed by atoms with Crippen LogP contribution in [-0.2, 0) is 22.4 Å². The van der Waals surface area contributed by atoms with E-state index in [1.807, 2.05) is 73.3 Å². The molecule has 202 valence electrons. The molecular formula is C29H31N5O5. The molecule has 10 nitrogen and oxygen atoms in total. The molecule has 2 aromatic carbocycles. The number of nitrogens with zero attached hydrogens (tertiary/aromatic N) is 4. The lowest BCUT2D eigenvalue weighted by Crippen LogP contribution is -2.39. The van der Waals surface area contributed by atoms with Crippen LogP contribution in [0.1, 0.15) is 24.0 Å². The van der Waals surface area contributed by atoms with Gasteiger partial charge in [-0.25, -0.2) is 0 Å². The number of furan rings is 1. The van der Waals surface area contributed by atoms with Crippen molar-refractivity contribution in [2.45, 2.75) is 32.9 Å². The van der Waals surface area contributed by atoms with Gasteiger partial charge in [-0.05, 0) is 55.8 Å². The summed E-state index contributed by atoms with van der Waals surface area (Å²) >= 11 is 0. The number of hydrogen-bond acceptors (Lipinski definition) is 10. The lowest BCUT2D eigenvalue weighted by Gasteiger charge is -2.31.